The lowest BCUT2D eigenvalue weighted by Gasteiger charge is -2.13. The highest BCUT2D eigenvalue weighted by atomic mass is 35.5. The number of nitrogens with zero attached hydrogens (tertiary/aromatic N) is 1. The van der Waals surface area contributed by atoms with E-state index in [-0.39, 0.29) is 0 Å². The van der Waals surface area contributed by atoms with Crippen LogP contribution in [0.2, 0.25) is 15.1 Å². The Kier molecular flexibility index (Phi) is 3.39. The fourth-order valence-corrected chi connectivity index (χ4v) is 2.72. The molecule has 1 aromatic carbocycles. The maximum atomic E-state index is 6.17. The van der Waals surface area contributed by atoms with Crippen molar-refractivity contribution in [3.05, 3.63) is 32.4 Å². The van der Waals surface area contributed by atoms with Gasteiger partial charge in [0.15, 0.2) is 0 Å². The molecule has 90 valence electrons. The van der Waals surface area contributed by atoms with E-state index in [0.29, 0.717) is 31.7 Å². The van der Waals surface area contributed by atoms with Crippen molar-refractivity contribution in [2.75, 3.05) is 5.73 Å². The van der Waals surface area contributed by atoms with Gasteiger partial charge in [-0.1, -0.05) is 41.7 Å². The van der Waals surface area contributed by atoms with Gasteiger partial charge in [0.25, 0.3) is 0 Å². The van der Waals surface area contributed by atoms with Gasteiger partial charge in [0, 0.05) is 16.8 Å². The third kappa shape index (κ3) is 1.95. The molecule has 0 saturated carbocycles. The van der Waals surface area contributed by atoms with Gasteiger partial charge in [0.1, 0.15) is 0 Å². The normalized spacial score (nSPS) is 11.1. The van der Waals surface area contributed by atoms with Gasteiger partial charge in [0.2, 0.25) is 0 Å². The first-order valence-corrected chi connectivity index (χ1v) is 6.32. The van der Waals surface area contributed by atoms with E-state index in [0.717, 1.165) is 17.7 Å². The van der Waals surface area contributed by atoms with E-state index in [1.54, 1.807) is 6.07 Å². The average molecular weight is 290 g/mol. The Morgan fingerprint density at radius 3 is 2.47 bits per heavy atom. The Morgan fingerprint density at radius 1 is 1.24 bits per heavy atom. The van der Waals surface area contributed by atoms with Crippen molar-refractivity contribution in [3.63, 3.8) is 0 Å². The number of benzene rings is 1. The number of aromatic nitrogens is 1. The van der Waals surface area contributed by atoms with Gasteiger partial charge >= 0.3 is 0 Å². The number of hydrogen-bond donors (Lipinski definition) is 1. The molecule has 0 bridgehead atoms. The maximum Gasteiger partial charge on any atom is 0.0928 e. The molecular weight excluding hydrogens is 279 g/mol. The number of pyridine rings is 1. The lowest BCUT2D eigenvalue weighted by molar-refractivity contribution is 1.07. The molecule has 2 nitrogen and oxygen atoms in total. The van der Waals surface area contributed by atoms with E-state index in [9.17, 15) is 0 Å². The zero-order valence-corrected chi connectivity index (χ0v) is 11.7. The van der Waals surface area contributed by atoms with Crippen LogP contribution in [0.3, 0.4) is 0 Å². The first-order valence-electron chi connectivity index (χ1n) is 5.19. The van der Waals surface area contributed by atoms with E-state index in [1.807, 2.05) is 13.8 Å². The molecule has 0 radical (unpaired) electrons. The topological polar surface area (TPSA) is 38.9 Å². The number of rotatable bonds is 1. The van der Waals surface area contributed by atoms with E-state index in [1.165, 1.54) is 0 Å². The van der Waals surface area contributed by atoms with Crippen molar-refractivity contribution in [1.29, 1.82) is 0 Å². The quantitative estimate of drug-likeness (QED) is 0.776. The second-order valence-corrected chi connectivity index (χ2v) is 5.01. The predicted molar refractivity (Wildman–Crippen MR) is 75.3 cm³/mol. The lowest BCUT2D eigenvalue weighted by Crippen LogP contribution is -2.01. The number of nitrogens with two attached hydrogens (primary N) is 1. The Bertz CT molecular complexity index is 609. The largest absolute Gasteiger partial charge is 0.398 e. The smallest absolute Gasteiger partial charge is 0.0928 e. The van der Waals surface area contributed by atoms with Crippen LogP contribution in [-0.4, -0.2) is 4.98 Å². The molecule has 17 heavy (non-hydrogen) atoms. The second-order valence-electron chi connectivity index (χ2n) is 3.82. The van der Waals surface area contributed by atoms with Crippen molar-refractivity contribution in [2.24, 2.45) is 0 Å². The van der Waals surface area contributed by atoms with Gasteiger partial charge in [-0.25, -0.2) is 0 Å². The summed E-state index contributed by atoms with van der Waals surface area (Å²) in [7, 11) is 0. The fourth-order valence-electron chi connectivity index (χ4n) is 1.97. The molecule has 2 N–H and O–H groups in total. The number of hydrogen-bond acceptors (Lipinski definition) is 2. The molecule has 0 saturated heterocycles. The summed E-state index contributed by atoms with van der Waals surface area (Å²) in [5, 5.41) is 1.91. The fraction of sp³-hybridized carbons (Fsp3) is 0.250. The minimum Gasteiger partial charge on any atom is -0.398 e. The van der Waals surface area contributed by atoms with Crippen LogP contribution in [0.25, 0.3) is 10.9 Å². The number of halogens is 3. The Morgan fingerprint density at radius 2 is 1.88 bits per heavy atom. The summed E-state index contributed by atoms with van der Waals surface area (Å²) < 4.78 is 0. The molecule has 1 aromatic heterocycles. The minimum atomic E-state index is 0.392. The van der Waals surface area contributed by atoms with Crippen molar-refractivity contribution in [2.45, 2.75) is 20.3 Å². The standard InChI is InChI=1S/C12H11Cl3N2/c1-3-6-5(2)17-12-8(14)4-7(13)10(15)9(12)11(6)16/h4H,3H2,1-2H3,(H2,16,17). The Hall–Kier alpha value is -0.700. The number of aryl methyl sites for hydroxylation is 1. The Labute approximate surface area is 115 Å². The number of fused-ring (bicyclic) bond motifs is 1. The van der Waals surface area contributed by atoms with Crippen LogP contribution < -0.4 is 5.73 Å². The molecule has 0 unspecified atom stereocenters. The summed E-state index contributed by atoms with van der Waals surface area (Å²) in [6.45, 7) is 3.93. The third-order valence-corrected chi connectivity index (χ3v) is 3.89. The SMILES string of the molecule is CCc1c(C)nc2c(Cl)cc(Cl)c(Cl)c2c1N. The highest BCUT2D eigenvalue weighted by molar-refractivity contribution is 6.48. The number of anilines is 1. The van der Waals surface area contributed by atoms with Crippen LogP contribution in [0.5, 0.6) is 0 Å². The van der Waals surface area contributed by atoms with Crippen LogP contribution in [-0.2, 0) is 6.42 Å². The van der Waals surface area contributed by atoms with Gasteiger partial charge in [0.05, 0.1) is 20.6 Å². The van der Waals surface area contributed by atoms with E-state index in [4.69, 9.17) is 40.5 Å². The maximum absolute atomic E-state index is 6.17. The monoisotopic (exact) mass is 288 g/mol. The molecule has 2 rings (SSSR count). The van der Waals surface area contributed by atoms with Crippen LogP contribution in [0.1, 0.15) is 18.2 Å². The highest BCUT2D eigenvalue weighted by Gasteiger charge is 2.16. The van der Waals surface area contributed by atoms with Gasteiger partial charge < -0.3 is 5.73 Å². The molecule has 1 heterocycles. The van der Waals surface area contributed by atoms with Gasteiger partial charge in [-0.3, -0.25) is 4.98 Å². The zero-order chi connectivity index (χ0) is 12.7. The molecule has 0 aliphatic carbocycles. The molecule has 0 fully saturated rings. The second kappa shape index (κ2) is 4.52. The van der Waals surface area contributed by atoms with Crippen molar-refractivity contribution in [1.82, 2.24) is 4.98 Å². The summed E-state index contributed by atoms with van der Waals surface area (Å²) in [6.07, 6.45) is 0.793. The molecule has 0 amide bonds. The molecule has 5 heteroatoms. The first-order chi connectivity index (χ1) is 7.97. The van der Waals surface area contributed by atoms with Crippen molar-refractivity contribution in [3.8, 4) is 0 Å². The van der Waals surface area contributed by atoms with Crippen LogP contribution in [0, 0.1) is 6.92 Å². The molecule has 0 aliphatic heterocycles. The molecule has 0 atom stereocenters. The zero-order valence-electron chi connectivity index (χ0n) is 9.44. The van der Waals surface area contributed by atoms with Crippen molar-refractivity contribution < 1.29 is 0 Å². The van der Waals surface area contributed by atoms with E-state index < -0.39 is 0 Å². The van der Waals surface area contributed by atoms with Crippen molar-refractivity contribution >= 4 is 51.4 Å². The van der Waals surface area contributed by atoms with Crippen LogP contribution in [0.15, 0.2) is 6.07 Å². The van der Waals surface area contributed by atoms with E-state index in [2.05, 4.69) is 4.98 Å². The summed E-state index contributed by atoms with van der Waals surface area (Å²) >= 11 is 18.3. The van der Waals surface area contributed by atoms with Gasteiger partial charge in [-0.2, -0.15) is 0 Å². The molecular formula is C12H11Cl3N2. The molecule has 0 spiro atoms. The summed E-state index contributed by atoms with van der Waals surface area (Å²) in [4.78, 5) is 4.45. The number of nitrogen functional groups attached to an aromatic ring is 1. The summed E-state index contributed by atoms with van der Waals surface area (Å²) in [5.74, 6) is 0. The van der Waals surface area contributed by atoms with Gasteiger partial charge in [-0.05, 0) is 25.0 Å². The highest BCUT2D eigenvalue weighted by Crippen LogP contribution is 2.39. The Balaban J connectivity index is 3.02. The third-order valence-electron chi connectivity index (χ3n) is 2.81. The minimum absolute atomic E-state index is 0.392. The lowest BCUT2D eigenvalue weighted by atomic mass is 10.0. The predicted octanol–water partition coefficient (Wildman–Crippen LogP) is 4.65. The van der Waals surface area contributed by atoms with E-state index >= 15 is 0 Å². The first kappa shape index (κ1) is 12.7. The summed E-state index contributed by atoms with van der Waals surface area (Å²) in [5.41, 5.74) is 9.20. The molecule has 0 aliphatic rings. The van der Waals surface area contributed by atoms with Crippen LogP contribution in [0.4, 0.5) is 5.69 Å². The summed E-state index contributed by atoms with van der Waals surface area (Å²) in [6, 6.07) is 1.59. The van der Waals surface area contributed by atoms with Crippen LogP contribution >= 0.6 is 34.8 Å². The molecule has 2 aromatic rings. The average Bonchev–Trinajstić information content (AvgIpc) is 2.26. The van der Waals surface area contributed by atoms with Gasteiger partial charge in [-0.15, -0.1) is 0 Å².